The number of hydrogen-bond acceptors (Lipinski definition) is 7. The van der Waals surface area contributed by atoms with Gasteiger partial charge in [0.1, 0.15) is 5.75 Å². The number of hydrogen-bond donors (Lipinski definition) is 2. The van der Waals surface area contributed by atoms with Crippen molar-refractivity contribution in [3.63, 3.8) is 0 Å². The number of rotatable bonds is 5. The van der Waals surface area contributed by atoms with Crippen LogP contribution in [-0.4, -0.2) is 65.4 Å². The van der Waals surface area contributed by atoms with Crippen LogP contribution in [-0.2, 0) is 32.2 Å². The van der Waals surface area contributed by atoms with Gasteiger partial charge in [0.2, 0.25) is 0 Å². The number of carbonyl (C=O) groups is 4. The number of fused-ring (bicyclic) bond motifs is 1. The van der Waals surface area contributed by atoms with E-state index in [1.54, 1.807) is 26.0 Å². The largest absolute Gasteiger partial charge is 0.496 e. The van der Waals surface area contributed by atoms with Crippen LogP contribution in [0.3, 0.4) is 0 Å². The average Bonchev–Trinajstić information content (AvgIpc) is 3.02. The maximum absolute atomic E-state index is 13.5. The number of esters is 2. The number of nitrogens with zero attached hydrogens (tertiary/aromatic N) is 2. The Hall–Kier alpha value is -3.02. The fraction of sp³-hybridized carbons (Fsp3) is 0.474. The van der Waals surface area contributed by atoms with Crippen LogP contribution in [0.5, 0.6) is 5.75 Å². The normalized spacial score (nSPS) is 25.8. The second-order valence-electron chi connectivity index (χ2n) is 7.10. The zero-order valence-electron chi connectivity index (χ0n) is 17.1. The van der Waals surface area contributed by atoms with Crippen LogP contribution in [0.1, 0.15) is 25.0 Å². The van der Waals surface area contributed by atoms with E-state index >= 15 is 0 Å². The van der Waals surface area contributed by atoms with Crippen LogP contribution in [0, 0.1) is 0 Å². The number of nitrogens with one attached hydrogen (secondary N) is 2. The fourth-order valence-corrected chi connectivity index (χ4v) is 4.96. The van der Waals surface area contributed by atoms with Gasteiger partial charge in [0, 0.05) is 10.0 Å². The van der Waals surface area contributed by atoms with Gasteiger partial charge >= 0.3 is 24.0 Å². The smallest absolute Gasteiger partial charge is 0.358 e. The number of ether oxygens (including phenoxy) is 3. The summed E-state index contributed by atoms with van der Waals surface area (Å²) in [6, 6.07) is 2.00. The highest BCUT2D eigenvalue weighted by Gasteiger charge is 2.82. The van der Waals surface area contributed by atoms with E-state index in [1.165, 1.54) is 7.11 Å². The SMILES string of the molecule is CCOC(=O)[C@]12NC(=O)N3Cc4c(Br)ccc(OC)c4CN(C(=O)N1)[C@@]32C(=O)OCC. The molecule has 0 aromatic heterocycles. The van der Waals surface area contributed by atoms with Gasteiger partial charge in [-0.15, -0.1) is 0 Å². The molecule has 4 rings (SSSR count). The van der Waals surface area contributed by atoms with Crippen LogP contribution < -0.4 is 15.4 Å². The Bertz CT molecular complexity index is 1000. The van der Waals surface area contributed by atoms with E-state index in [-0.39, 0.29) is 26.3 Å². The van der Waals surface area contributed by atoms with Gasteiger partial charge in [-0.05, 0) is 31.5 Å². The van der Waals surface area contributed by atoms with Gasteiger partial charge in [0.25, 0.3) is 11.3 Å². The van der Waals surface area contributed by atoms with Crippen molar-refractivity contribution in [3.05, 3.63) is 27.7 Å². The van der Waals surface area contributed by atoms with Crippen molar-refractivity contribution < 1.29 is 33.4 Å². The molecule has 1 aromatic carbocycles. The molecule has 4 amide bonds. The first kappa shape index (κ1) is 21.2. The van der Waals surface area contributed by atoms with Crippen LogP contribution >= 0.6 is 15.9 Å². The zero-order valence-corrected chi connectivity index (χ0v) is 18.7. The van der Waals surface area contributed by atoms with Gasteiger partial charge in [-0.1, -0.05) is 15.9 Å². The molecular weight excluding hydrogens is 476 g/mol. The molecule has 3 aliphatic rings. The van der Waals surface area contributed by atoms with Gasteiger partial charge < -0.3 is 24.8 Å². The maximum Gasteiger partial charge on any atom is 0.358 e. The Morgan fingerprint density at radius 1 is 1.00 bits per heavy atom. The van der Waals surface area contributed by atoms with Gasteiger partial charge in [-0.3, -0.25) is 9.80 Å². The van der Waals surface area contributed by atoms with Crippen molar-refractivity contribution >= 4 is 39.9 Å². The molecule has 31 heavy (non-hydrogen) atoms. The summed E-state index contributed by atoms with van der Waals surface area (Å²) in [4.78, 5) is 55.1. The molecule has 1 aromatic rings. The topological polar surface area (TPSA) is 127 Å². The lowest BCUT2D eigenvalue weighted by Crippen LogP contribution is -2.74. The van der Waals surface area contributed by atoms with Crippen molar-refractivity contribution in [2.45, 2.75) is 38.3 Å². The molecule has 3 aliphatic heterocycles. The molecule has 2 fully saturated rings. The molecule has 2 N–H and O–H groups in total. The number of methoxy groups -OCH3 is 1. The minimum atomic E-state index is -2.18. The Kier molecular flexibility index (Phi) is 4.99. The predicted octanol–water partition coefficient (Wildman–Crippen LogP) is 1.04. The molecule has 0 saturated carbocycles. The summed E-state index contributed by atoms with van der Waals surface area (Å²) in [6.45, 7) is 2.92. The zero-order chi connectivity index (χ0) is 22.6. The number of amides is 4. The van der Waals surface area contributed by atoms with E-state index in [0.29, 0.717) is 21.3 Å². The van der Waals surface area contributed by atoms with Crippen LogP contribution in [0.4, 0.5) is 9.59 Å². The van der Waals surface area contributed by atoms with Gasteiger partial charge in [0.05, 0.1) is 33.4 Å². The maximum atomic E-state index is 13.5. The van der Waals surface area contributed by atoms with Crippen molar-refractivity contribution in [2.24, 2.45) is 0 Å². The lowest BCUT2D eigenvalue weighted by Gasteiger charge is -2.40. The first-order valence-electron chi connectivity index (χ1n) is 9.66. The van der Waals surface area contributed by atoms with Gasteiger partial charge in [-0.2, -0.15) is 0 Å². The van der Waals surface area contributed by atoms with E-state index in [0.717, 1.165) is 9.80 Å². The van der Waals surface area contributed by atoms with Crippen molar-refractivity contribution in [2.75, 3.05) is 20.3 Å². The molecule has 2 atom stereocenters. The second kappa shape index (κ2) is 7.29. The minimum Gasteiger partial charge on any atom is -0.496 e. The second-order valence-corrected chi connectivity index (χ2v) is 7.96. The summed E-state index contributed by atoms with van der Waals surface area (Å²) in [5.74, 6) is -1.42. The van der Waals surface area contributed by atoms with Gasteiger partial charge in [0.15, 0.2) is 0 Å². The van der Waals surface area contributed by atoms with E-state index in [2.05, 4.69) is 26.6 Å². The molecule has 166 valence electrons. The quantitative estimate of drug-likeness (QED) is 0.583. The van der Waals surface area contributed by atoms with Crippen LogP contribution in [0.2, 0.25) is 0 Å². The Morgan fingerprint density at radius 2 is 1.55 bits per heavy atom. The monoisotopic (exact) mass is 496 g/mol. The van der Waals surface area contributed by atoms with E-state index in [1.807, 2.05) is 0 Å². The van der Waals surface area contributed by atoms with Gasteiger partial charge in [-0.25, -0.2) is 19.2 Å². The van der Waals surface area contributed by atoms with Crippen molar-refractivity contribution in [1.29, 1.82) is 0 Å². The first-order valence-corrected chi connectivity index (χ1v) is 10.5. The lowest BCUT2D eigenvalue weighted by molar-refractivity contribution is -0.178. The molecule has 3 heterocycles. The molecule has 2 saturated heterocycles. The summed E-state index contributed by atoms with van der Waals surface area (Å²) in [6.07, 6.45) is 0. The number of halogens is 1. The standard InChI is InChI=1S/C19H21BrN4O7/c1-4-30-14(25)18-19(15(26)31-5-2)23(16(27)21-18)8-10-11(9-24(19)17(28)22-18)13(29-3)7-6-12(10)20/h6-7H,4-5,8-9H2,1-3H3,(H,21,27)(H,22,28)/t18-,19+/m0/s1. The summed E-state index contributed by atoms with van der Waals surface area (Å²) < 4.78 is 16.6. The molecule has 0 bridgehead atoms. The number of urea groups is 2. The number of carbonyl (C=O) groups excluding carboxylic acids is 4. The fourth-order valence-electron chi connectivity index (χ4n) is 4.46. The third kappa shape index (κ3) is 2.57. The number of benzene rings is 1. The van der Waals surface area contributed by atoms with E-state index in [4.69, 9.17) is 14.2 Å². The third-order valence-electron chi connectivity index (χ3n) is 5.71. The third-order valence-corrected chi connectivity index (χ3v) is 6.45. The molecule has 12 heteroatoms. The molecule has 0 spiro atoms. The summed E-state index contributed by atoms with van der Waals surface area (Å²) in [5.41, 5.74) is -3.07. The highest BCUT2D eigenvalue weighted by atomic mass is 79.9. The molecule has 0 radical (unpaired) electrons. The van der Waals surface area contributed by atoms with E-state index < -0.39 is 35.3 Å². The Morgan fingerprint density at radius 3 is 2.10 bits per heavy atom. The molecule has 11 nitrogen and oxygen atoms in total. The minimum absolute atomic E-state index is 0.0230. The van der Waals surface area contributed by atoms with Crippen molar-refractivity contribution in [3.8, 4) is 5.75 Å². The molecular formula is C19H21BrN4O7. The summed E-state index contributed by atoms with van der Waals surface area (Å²) in [5, 5.41) is 4.99. The predicted molar refractivity (Wildman–Crippen MR) is 108 cm³/mol. The lowest BCUT2D eigenvalue weighted by atomic mass is 9.93. The Balaban J connectivity index is 2.01. The summed E-state index contributed by atoms with van der Waals surface area (Å²) in [7, 11) is 1.48. The van der Waals surface area contributed by atoms with E-state index in [9.17, 15) is 19.2 Å². The van der Waals surface area contributed by atoms with Crippen molar-refractivity contribution in [1.82, 2.24) is 20.4 Å². The summed E-state index contributed by atoms with van der Waals surface area (Å²) >= 11 is 3.48. The Labute approximate surface area is 186 Å². The molecule has 0 unspecified atom stereocenters. The molecule has 0 aliphatic carbocycles. The highest BCUT2D eigenvalue weighted by molar-refractivity contribution is 9.10. The van der Waals surface area contributed by atoms with Crippen LogP contribution in [0.25, 0.3) is 0 Å². The first-order chi connectivity index (χ1) is 14.8. The highest BCUT2D eigenvalue weighted by Crippen LogP contribution is 2.48. The average molecular weight is 497 g/mol. The van der Waals surface area contributed by atoms with Crippen LogP contribution in [0.15, 0.2) is 16.6 Å².